The lowest BCUT2D eigenvalue weighted by molar-refractivity contribution is -0.117. The molecule has 2 N–H and O–H groups in total. The molecule has 1 unspecified atom stereocenters. The number of carbonyl (C=O) groups is 1. The minimum absolute atomic E-state index is 0.132. The first-order chi connectivity index (χ1) is 9.74. The van der Waals surface area contributed by atoms with Gasteiger partial charge in [-0.3, -0.25) is 10.1 Å². The summed E-state index contributed by atoms with van der Waals surface area (Å²) in [5, 5.41) is 6.25. The number of aromatic nitrogens is 2. The van der Waals surface area contributed by atoms with Crippen molar-refractivity contribution in [2.24, 2.45) is 0 Å². The van der Waals surface area contributed by atoms with E-state index in [9.17, 15) is 4.79 Å². The van der Waals surface area contributed by atoms with Crippen LogP contribution in [-0.4, -0.2) is 22.4 Å². The Labute approximate surface area is 121 Å². The molecule has 6 heteroatoms. The van der Waals surface area contributed by atoms with Gasteiger partial charge in [-0.25, -0.2) is 9.97 Å². The van der Waals surface area contributed by atoms with Crippen molar-refractivity contribution in [1.82, 2.24) is 15.3 Å². The number of nitrogens with one attached hydrogen (secondary N) is 2. The largest absolute Gasteiger partial charge is 0.312 e. The van der Waals surface area contributed by atoms with Crippen molar-refractivity contribution >= 4 is 23.5 Å². The highest BCUT2D eigenvalue weighted by molar-refractivity contribution is 6.29. The molecule has 0 bridgehead atoms. The summed E-state index contributed by atoms with van der Waals surface area (Å²) in [6.07, 6.45) is 1.51. The summed E-state index contributed by atoms with van der Waals surface area (Å²) >= 11 is 5.78. The molecule has 2 heterocycles. The van der Waals surface area contributed by atoms with Crippen molar-refractivity contribution in [2.75, 3.05) is 11.9 Å². The Morgan fingerprint density at radius 3 is 3.05 bits per heavy atom. The number of hydrogen-bond acceptors (Lipinski definition) is 4. The monoisotopic (exact) mass is 288 g/mol. The number of benzene rings is 1. The van der Waals surface area contributed by atoms with E-state index in [1.54, 1.807) is 6.07 Å². The van der Waals surface area contributed by atoms with Gasteiger partial charge in [0.05, 0.1) is 5.92 Å². The van der Waals surface area contributed by atoms with E-state index in [2.05, 4.69) is 20.6 Å². The lowest BCUT2D eigenvalue weighted by Gasteiger charge is -2.25. The van der Waals surface area contributed by atoms with Gasteiger partial charge in [-0.1, -0.05) is 35.9 Å². The van der Waals surface area contributed by atoms with E-state index in [0.717, 1.165) is 17.7 Å². The van der Waals surface area contributed by atoms with Crippen molar-refractivity contribution in [3.8, 4) is 0 Å². The van der Waals surface area contributed by atoms with Crippen LogP contribution in [0.4, 0.5) is 5.95 Å². The molecule has 1 aromatic carbocycles. The zero-order valence-corrected chi connectivity index (χ0v) is 11.4. The van der Waals surface area contributed by atoms with E-state index in [-0.39, 0.29) is 17.8 Å². The first-order valence-electron chi connectivity index (χ1n) is 6.32. The number of carbonyl (C=O) groups excluding carboxylic acids is 1. The summed E-state index contributed by atoms with van der Waals surface area (Å²) < 4.78 is 0. The van der Waals surface area contributed by atoms with Gasteiger partial charge in [-0.15, -0.1) is 0 Å². The molecule has 20 heavy (non-hydrogen) atoms. The molecule has 0 fully saturated rings. The second-order valence-corrected chi connectivity index (χ2v) is 4.96. The topological polar surface area (TPSA) is 66.9 Å². The van der Waals surface area contributed by atoms with E-state index in [0.29, 0.717) is 11.7 Å². The summed E-state index contributed by atoms with van der Waals surface area (Å²) in [6.45, 7) is 1.39. The van der Waals surface area contributed by atoms with Gasteiger partial charge in [0.2, 0.25) is 11.9 Å². The van der Waals surface area contributed by atoms with E-state index >= 15 is 0 Å². The standard InChI is InChI=1S/C14H13ClN4O/c15-12-5-6-17-14(18-12)19-13(20)11-8-16-7-9-3-1-2-4-10(9)11/h1-6,11,16H,7-8H2,(H,17,18,19,20). The van der Waals surface area contributed by atoms with Gasteiger partial charge in [0.1, 0.15) is 5.15 Å². The van der Waals surface area contributed by atoms with Gasteiger partial charge in [-0.2, -0.15) is 0 Å². The summed E-state index contributed by atoms with van der Waals surface area (Å²) in [4.78, 5) is 20.3. The van der Waals surface area contributed by atoms with Gasteiger partial charge in [-0.05, 0) is 17.2 Å². The van der Waals surface area contributed by atoms with E-state index in [1.165, 1.54) is 6.20 Å². The van der Waals surface area contributed by atoms with Crippen LogP contribution < -0.4 is 10.6 Å². The summed E-state index contributed by atoms with van der Waals surface area (Å²) in [7, 11) is 0. The van der Waals surface area contributed by atoms with Crippen LogP contribution >= 0.6 is 11.6 Å². The Morgan fingerprint density at radius 1 is 1.35 bits per heavy atom. The van der Waals surface area contributed by atoms with Gasteiger partial charge >= 0.3 is 0 Å². The predicted molar refractivity (Wildman–Crippen MR) is 76.6 cm³/mol. The maximum absolute atomic E-state index is 12.4. The molecule has 2 aromatic rings. The Bertz CT molecular complexity index is 647. The molecule has 1 atom stereocenters. The van der Waals surface area contributed by atoms with Crippen molar-refractivity contribution < 1.29 is 4.79 Å². The van der Waals surface area contributed by atoms with Crippen molar-refractivity contribution in [3.63, 3.8) is 0 Å². The number of fused-ring (bicyclic) bond motifs is 1. The number of hydrogen-bond donors (Lipinski definition) is 2. The molecule has 0 saturated heterocycles. The SMILES string of the molecule is O=C(Nc1nccc(Cl)n1)C1CNCc2ccccc21. The number of nitrogens with zero attached hydrogens (tertiary/aromatic N) is 2. The lowest BCUT2D eigenvalue weighted by atomic mass is 9.90. The van der Waals surface area contributed by atoms with Crippen molar-refractivity contribution in [1.29, 1.82) is 0 Å². The fourth-order valence-corrected chi connectivity index (χ4v) is 2.46. The number of anilines is 1. The molecule has 1 aromatic heterocycles. The minimum Gasteiger partial charge on any atom is -0.312 e. The molecule has 5 nitrogen and oxygen atoms in total. The average molecular weight is 289 g/mol. The summed E-state index contributed by atoms with van der Waals surface area (Å²) in [5.74, 6) is -0.153. The lowest BCUT2D eigenvalue weighted by Crippen LogP contribution is -2.35. The molecule has 1 amide bonds. The maximum Gasteiger partial charge on any atom is 0.235 e. The van der Waals surface area contributed by atoms with Crippen molar-refractivity contribution in [3.05, 3.63) is 52.8 Å². The molecule has 0 aliphatic carbocycles. The molecule has 102 valence electrons. The highest BCUT2D eigenvalue weighted by Gasteiger charge is 2.26. The molecule has 0 saturated carbocycles. The summed E-state index contributed by atoms with van der Waals surface area (Å²) in [5.41, 5.74) is 2.19. The molecule has 0 spiro atoms. The first kappa shape index (κ1) is 13.0. The van der Waals surface area contributed by atoms with Gasteiger partial charge in [0.15, 0.2) is 0 Å². The van der Waals surface area contributed by atoms with Gasteiger partial charge < -0.3 is 5.32 Å². The fourth-order valence-electron chi connectivity index (χ4n) is 2.32. The van der Waals surface area contributed by atoms with Gasteiger partial charge in [0, 0.05) is 19.3 Å². The quantitative estimate of drug-likeness (QED) is 0.829. The van der Waals surface area contributed by atoms with Crippen LogP contribution in [0.25, 0.3) is 0 Å². The Hall–Kier alpha value is -1.98. The minimum atomic E-state index is -0.248. The highest BCUT2D eigenvalue weighted by Crippen LogP contribution is 2.24. The molecule has 3 rings (SSSR count). The van der Waals surface area contributed by atoms with E-state index < -0.39 is 0 Å². The van der Waals surface area contributed by atoms with Crippen LogP contribution in [0, 0.1) is 0 Å². The van der Waals surface area contributed by atoms with Gasteiger partial charge in [0.25, 0.3) is 0 Å². The third-order valence-electron chi connectivity index (χ3n) is 3.27. The van der Waals surface area contributed by atoms with Crippen LogP contribution in [-0.2, 0) is 11.3 Å². The Balaban J connectivity index is 1.82. The normalized spacial score (nSPS) is 17.4. The average Bonchev–Trinajstić information content (AvgIpc) is 2.46. The van der Waals surface area contributed by atoms with Crippen LogP contribution in [0.15, 0.2) is 36.5 Å². The molecule has 1 aliphatic rings. The van der Waals surface area contributed by atoms with Crippen molar-refractivity contribution in [2.45, 2.75) is 12.5 Å². The Morgan fingerprint density at radius 2 is 2.20 bits per heavy atom. The van der Waals surface area contributed by atoms with E-state index in [1.807, 2.05) is 24.3 Å². The maximum atomic E-state index is 12.4. The summed E-state index contributed by atoms with van der Waals surface area (Å²) in [6, 6.07) is 9.49. The highest BCUT2D eigenvalue weighted by atomic mass is 35.5. The zero-order valence-electron chi connectivity index (χ0n) is 10.6. The predicted octanol–water partition coefficient (Wildman–Crippen LogP) is 1.96. The van der Waals surface area contributed by atoms with Crippen LogP contribution in [0.2, 0.25) is 5.15 Å². The van der Waals surface area contributed by atoms with Crippen LogP contribution in [0.1, 0.15) is 17.0 Å². The number of halogens is 1. The second-order valence-electron chi connectivity index (χ2n) is 4.57. The first-order valence-corrected chi connectivity index (χ1v) is 6.70. The fraction of sp³-hybridized carbons (Fsp3) is 0.214. The number of rotatable bonds is 2. The zero-order chi connectivity index (χ0) is 13.9. The van der Waals surface area contributed by atoms with Crippen LogP contribution in [0.3, 0.4) is 0 Å². The number of amides is 1. The smallest absolute Gasteiger partial charge is 0.235 e. The molecular weight excluding hydrogens is 276 g/mol. The molecular formula is C14H13ClN4O. The second kappa shape index (κ2) is 5.56. The third-order valence-corrected chi connectivity index (χ3v) is 3.48. The molecule has 0 radical (unpaired) electrons. The molecule has 1 aliphatic heterocycles. The third kappa shape index (κ3) is 2.64. The Kier molecular flexibility index (Phi) is 3.62. The van der Waals surface area contributed by atoms with E-state index in [4.69, 9.17) is 11.6 Å². The van der Waals surface area contributed by atoms with Crippen LogP contribution in [0.5, 0.6) is 0 Å².